The number of thiophene rings is 1. The molecule has 94 valence electrons. The standard InChI is InChI=1S/C13H19NO2S/c1-5-13(3,4)11(10-8-7-9-17-10)14-12(15)16-6-2/h7-9H,5-6H2,1-4H3/b14-11+. The summed E-state index contributed by atoms with van der Waals surface area (Å²) in [6.07, 6.45) is 0.417. The Bertz CT molecular complexity index is 394. The van der Waals surface area contributed by atoms with Crippen LogP contribution in [0.25, 0.3) is 0 Å². The van der Waals surface area contributed by atoms with Gasteiger partial charge in [0.15, 0.2) is 0 Å². The second-order valence-electron chi connectivity index (χ2n) is 4.37. The van der Waals surface area contributed by atoms with Gasteiger partial charge in [0.05, 0.1) is 12.3 Å². The summed E-state index contributed by atoms with van der Waals surface area (Å²) in [5, 5.41) is 1.99. The number of hydrogen-bond donors (Lipinski definition) is 0. The van der Waals surface area contributed by atoms with Gasteiger partial charge in [-0.25, -0.2) is 4.79 Å². The third kappa shape index (κ3) is 3.66. The lowest BCUT2D eigenvalue weighted by molar-refractivity contribution is 0.163. The molecule has 4 heteroatoms. The molecule has 1 aromatic rings. The summed E-state index contributed by atoms with van der Waals surface area (Å²) in [4.78, 5) is 16.7. The second kappa shape index (κ2) is 5.96. The zero-order chi connectivity index (χ0) is 12.9. The van der Waals surface area contributed by atoms with E-state index in [9.17, 15) is 4.79 Å². The summed E-state index contributed by atoms with van der Waals surface area (Å²) in [5.74, 6) is 0. The van der Waals surface area contributed by atoms with Gasteiger partial charge in [0.1, 0.15) is 0 Å². The Morgan fingerprint density at radius 2 is 2.18 bits per heavy atom. The molecule has 1 amide bonds. The molecule has 0 saturated carbocycles. The Balaban J connectivity index is 3.08. The van der Waals surface area contributed by atoms with Crippen molar-refractivity contribution in [2.45, 2.75) is 34.1 Å². The van der Waals surface area contributed by atoms with Gasteiger partial charge in [0, 0.05) is 10.3 Å². The first-order valence-electron chi connectivity index (χ1n) is 5.81. The largest absolute Gasteiger partial charge is 0.448 e. The molecule has 0 bridgehead atoms. The van der Waals surface area contributed by atoms with Crippen molar-refractivity contribution in [2.75, 3.05) is 6.61 Å². The Labute approximate surface area is 107 Å². The summed E-state index contributed by atoms with van der Waals surface area (Å²) in [6, 6.07) is 3.95. The quantitative estimate of drug-likeness (QED) is 0.757. The second-order valence-corrected chi connectivity index (χ2v) is 5.32. The number of hydrogen-bond acceptors (Lipinski definition) is 3. The maximum absolute atomic E-state index is 11.5. The van der Waals surface area contributed by atoms with Crippen LogP contribution in [0.2, 0.25) is 0 Å². The SMILES string of the molecule is CCOC(=O)/N=C(\c1cccs1)C(C)(C)CC. The molecule has 1 heterocycles. The number of ether oxygens (including phenoxy) is 1. The maximum atomic E-state index is 11.5. The molecule has 0 aliphatic carbocycles. The summed E-state index contributed by atoms with van der Waals surface area (Å²) in [7, 11) is 0. The van der Waals surface area contributed by atoms with Crippen LogP contribution in [0.5, 0.6) is 0 Å². The van der Waals surface area contributed by atoms with Crippen LogP contribution >= 0.6 is 11.3 Å². The van der Waals surface area contributed by atoms with Crippen LogP contribution in [0, 0.1) is 5.41 Å². The van der Waals surface area contributed by atoms with E-state index in [-0.39, 0.29) is 5.41 Å². The number of amides is 1. The van der Waals surface area contributed by atoms with E-state index in [4.69, 9.17) is 4.74 Å². The molecule has 1 aromatic heterocycles. The number of rotatable bonds is 4. The Morgan fingerprint density at radius 3 is 2.65 bits per heavy atom. The van der Waals surface area contributed by atoms with Gasteiger partial charge in [0.2, 0.25) is 0 Å². The van der Waals surface area contributed by atoms with Crippen molar-refractivity contribution >= 4 is 23.1 Å². The predicted molar refractivity (Wildman–Crippen MR) is 72.0 cm³/mol. The van der Waals surface area contributed by atoms with Crippen molar-refractivity contribution in [3.05, 3.63) is 22.4 Å². The molecule has 17 heavy (non-hydrogen) atoms. The predicted octanol–water partition coefficient (Wildman–Crippen LogP) is 4.13. The van der Waals surface area contributed by atoms with Gasteiger partial charge in [-0.05, 0) is 24.8 Å². The van der Waals surface area contributed by atoms with Crippen molar-refractivity contribution in [1.29, 1.82) is 0 Å². The molecule has 1 rings (SSSR count). The fraction of sp³-hybridized carbons (Fsp3) is 0.538. The van der Waals surface area contributed by atoms with E-state index in [0.717, 1.165) is 17.0 Å². The van der Waals surface area contributed by atoms with Crippen molar-refractivity contribution in [1.82, 2.24) is 0 Å². The van der Waals surface area contributed by atoms with Crippen molar-refractivity contribution in [3.8, 4) is 0 Å². The lowest BCUT2D eigenvalue weighted by atomic mass is 9.84. The first-order chi connectivity index (χ1) is 8.01. The summed E-state index contributed by atoms with van der Waals surface area (Å²) < 4.78 is 4.89. The van der Waals surface area contributed by atoms with Gasteiger partial charge < -0.3 is 4.74 Å². The molecular formula is C13H19NO2S. The minimum Gasteiger partial charge on any atom is -0.448 e. The van der Waals surface area contributed by atoms with Crippen LogP contribution in [0.4, 0.5) is 4.79 Å². The average Bonchev–Trinajstić information content (AvgIpc) is 2.79. The van der Waals surface area contributed by atoms with Crippen LogP contribution in [-0.2, 0) is 4.74 Å². The number of aliphatic imine (C=N–C) groups is 1. The molecule has 3 nitrogen and oxygen atoms in total. The van der Waals surface area contributed by atoms with Crippen LogP contribution in [0.15, 0.2) is 22.5 Å². The Morgan fingerprint density at radius 1 is 1.47 bits per heavy atom. The lowest BCUT2D eigenvalue weighted by Gasteiger charge is -2.24. The first kappa shape index (κ1) is 13.9. The molecule has 0 aliphatic rings. The highest BCUT2D eigenvalue weighted by atomic mass is 32.1. The average molecular weight is 253 g/mol. The fourth-order valence-corrected chi connectivity index (χ4v) is 2.26. The van der Waals surface area contributed by atoms with Gasteiger partial charge >= 0.3 is 6.09 Å². The number of carbonyl (C=O) groups excluding carboxylic acids is 1. The van der Waals surface area contributed by atoms with Gasteiger partial charge in [-0.15, -0.1) is 11.3 Å². The van der Waals surface area contributed by atoms with Gasteiger partial charge in [-0.3, -0.25) is 0 Å². The topological polar surface area (TPSA) is 38.7 Å². The molecule has 0 spiro atoms. The molecular weight excluding hydrogens is 234 g/mol. The van der Waals surface area contributed by atoms with E-state index in [1.807, 2.05) is 17.5 Å². The smallest absolute Gasteiger partial charge is 0.433 e. The van der Waals surface area contributed by atoms with Crippen molar-refractivity contribution < 1.29 is 9.53 Å². The van der Waals surface area contributed by atoms with E-state index < -0.39 is 6.09 Å². The minimum absolute atomic E-state index is 0.127. The lowest BCUT2D eigenvalue weighted by Crippen LogP contribution is -2.25. The normalized spacial score (nSPS) is 12.6. The van der Waals surface area contributed by atoms with Crippen LogP contribution in [-0.4, -0.2) is 18.4 Å². The van der Waals surface area contributed by atoms with E-state index in [1.54, 1.807) is 18.3 Å². The third-order valence-corrected chi connectivity index (χ3v) is 3.63. The molecule has 0 saturated heterocycles. The highest BCUT2D eigenvalue weighted by Crippen LogP contribution is 2.29. The van der Waals surface area contributed by atoms with Gasteiger partial charge in [0.25, 0.3) is 0 Å². The van der Waals surface area contributed by atoms with E-state index in [0.29, 0.717) is 6.61 Å². The summed E-state index contributed by atoms with van der Waals surface area (Å²) in [6.45, 7) is 8.40. The fourth-order valence-electron chi connectivity index (χ4n) is 1.37. The van der Waals surface area contributed by atoms with E-state index in [1.165, 1.54) is 0 Å². The summed E-state index contributed by atoms with van der Waals surface area (Å²) in [5.41, 5.74) is 0.686. The molecule has 0 radical (unpaired) electrons. The van der Waals surface area contributed by atoms with Gasteiger partial charge in [-0.1, -0.05) is 26.8 Å². The highest BCUT2D eigenvalue weighted by molar-refractivity contribution is 7.12. The van der Waals surface area contributed by atoms with Crippen LogP contribution < -0.4 is 0 Å². The Hall–Kier alpha value is -1.16. The van der Waals surface area contributed by atoms with Gasteiger partial charge in [-0.2, -0.15) is 4.99 Å². The molecule has 0 unspecified atom stereocenters. The first-order valence-corrected chi connectivity index (χ1v) is 6.69. The maximum Gasteiger partial charge on any atom is 0.433 e. The molecule has 0 fully saturated rings. The molecule has 0 aromatic carbocycles. The van der Waals surface area contributed by atoms with E-state index in [2.05, 4.69) is 25.8 Å². The molecule has 0 N–H and O–H groups in total. The molecule has 0 aliphatic heterocycles. The van der Waals surface area contributed by atoms with Crippen LogP contribution in [0.1, 0.15) is 39.0 Å². The van der Waals surface area contributed by atoms with Crippen molar-refractivity contribution in [2.24, 2.45) is 10.4 Å². The minimum atomic E-state index is -0.502. The summed E-state index contributed by atoms with van der Waals surface area (Å²) >= 11 is 1.59. The third-order valence-electron chi connectivity index (χ3n) is 2.75. The monoisotopic (exact) mass is 253 g/mol. The zero-order valence-corrected chi connectivity index (χ0v) is 11.6. The highest BCUT2D eigenvalue weighted by Gasteiger charge is 2.26. The Kier molecular flexibility index (Phi) is 4.87. The molecule has 0 atom stereocenters. The van der Waals surface area contributed by atoms with Crippen LogP contribution in [0.3, 0.4) is 0 Å². The number of nitrogens with zero attached hydrogens (tertiary/aromatic N) is 1. The van der Waals surface area contributed by atoms with Crippen molar-refractivity contribution in [3.63, 3.8) is 0 Å². The van der Waals surface area contributed by atoms with E-state index >= 15 is 0 Å². The zero-order valence-electron chi connectivity index (χ0n) is 10.8. The number of carbonyl (C=O) groups is 1.